The molecule has 0 fully saturated rings. The van der Waals surface area contributed by atoms with Gasteiger partial charge in [0, 0.05) is 12.2 Å². The molecule has 1 heterocycles. The molecule has 0 aliphatic rings. The Balaban J connectivity index is 2.89. The van der Waals surface area contributed by atoms with Gasteiger partial charge in [0.15, 0.2) is 0 Å². The van der Waals surface area contributed by atoms with Gasteiger partial charge in [-0.3, -0.25) is 0 Å². The second-order valence-electron chi connectivity index (χ2n) is 3.06. The minimum atomic E-state index is -1.35. The molecule has 1 rings (SSSR count). The van der Waals surface area contributed by atoms with Crippen LogP contribution in [0.25, 0.3) is 0 Å². The number of hydrogen-bond donors (Lipinski definition) is 3. The summed E-state index contributed by atoms with van der Waals surface area (Å²) in [6.45, 7) is -0.279. The fourth-order valence-electron chi connectivity index (χ4n) is 1.14. The van der Waals surface area contributed by atoms with Crippen molar-refractivity contribution < 1.29 is 19.7 Å². The van der Waals surface area contributed by atoms with Crippen LogP contribution in [0.4, 0.5) is 4.39 Å². The van der Waals surface area contributed by atoms with E-state index < -0.39 is 18.0 Å². The normalized spacial score (nSPS) is 15.0. The number of aliphatic hydroxyl groups is 3. The van der Waals surface area contributed by atoms with E-state index in [-0.39, 0.29) is 23.7 Å². The van der Waals surface area contributed by atoms with Gasteiger partial charge in [-0.2, -0.15) is 0 Å². The highest BCUT2D eigenvalue weighted by molar-refractivity contribution is 6.30. The summed E-state index contributed by atoms with van der Waals surface area (Å²) in [6, 6.07) is 1.00. The summed E-state index contributed by atoms with van der Waals surface area (Å²) in [6.07, 6.45) is -1.66. The summed E-state index contributed by atoms with van der Waals surface area (Å²) < 4.78 is 12.8. The molecule has 4 nitrogen and oxygen atoms in total. The zero-order chi connectivity index (χ0) is 11.4. The van der Waals surface area contributed by atoms with Gasteiger partial charge in [0.1, 0.15) is 17.1 Å². The summed E-state index contributed by atoms with van der Waals surface area (Å²) in [5.74, 6) is -0.648. The average molecular weight is 236 g/mol. The molecule has 0 aromatic carbocycles. The maximum absolute atomic E-state index is 12.8. The van der Waals surface area contributed by atoms with Gasteiger partial charge in [0.2, 0.25) is 0 Å². The van der Waals surface area contributed by atoms with E-state index in [1.54, 1.807) is 0 Å². The van der Waals surface area contributed by atoms with Crippen molar-refractivity contribution in [3.05, 3.63) is 28.8 Å². The molecule has 0 aliphatic heterocycles. The number of aromatic nitrogens is 1. The summed E-state index contributed by atoms with van der Waals surface area (Å²) in [4.78, 5) is 3.50. The third-order valence-electron chi connectivity index (χ3n) is 1.94. The molecule has 0 saturated heterocycles. The van der Waals surface area contributed by atoms with Crippen LogP contribution in [0.5, 0.6) is 0 Å². The molecule has 2 atom stereocenters. The van der Waals surface area contributed by atoms with Crippen LogP contribution in [0.15, 0.2) is 12.3 Å². The van der Waals surface area contributed by atoms with Gasteiger partial charge < -0.3 is 15.3 Å². The lowest BCUT2D eigenvalue weighted by Crippen LogP contribution is -2.20. The summed E-state index contributed by atoms with van der Waals surface area (Å²) >= 11 is 5.62. The molecule has 0 saturated carbocycles. The zero-order valence-corrected chi connectivity index (χ0v) is 8.52. The van der Waals surface area contributed by atoms with Crippen molar-refractivity contribution in [2.75, 3.05) is 6.61 Å². The molecule has 1 aromatic heterocycles. The second-order valence-corrected chi connectivity index (χ2v) is 3.42. The molecule has 0 radical (unpaired) electrons. The lowest BCUT2D eigenvalue weighted by atomic mass is 10.0. The molecular weight excluding hydrogens is 225 g/mol. The highest BCUT2D eigenvalue weighted by atomic mass is 35.5. The Morgan fingerprint density at radius 2 is 2.13 bits per heavy atom. The van der Waals surface area contributed by atoms with E-state index in [2.05, 4.69) is 4.98 Å². The largest absolute Gasteiger partial charge is 0.396 e. The topological polar surface area (TPSA) is 73.6 Å². The lowest BCUT2D eigenvalue weighted by molar-refractivity contribution is 0.00394. The van der Waals surface area contributed by atoms with Gasteiger partial charge in [-0.1, -0.05) is 11.6 Å². The molecule has 0 amide bonds. The monoisotopic (exact) mass is 235 g/mol. The van der Waals surface area contributed by atoms with Crippen molar-refractivity contribution in [3.8, 4) is 0 Å². The fourth-order valence-corrected chi connectivity index (χ4v) is 1.36. The fraction of sp³-hybridized carbons (Fsp3) is 0.444. The minimum absolute atomic E-state index is 0.0117. The van der Waals surface area contributed by atoms with Gasteiger partial charge in [-0.05, 0) is 12.5 Å². The zero-order valence-electron chi connectivity index (χ0n) is 7.77. The maximum atomic E-state index is 12.8. The van der Waals surface area contributed by atoms with Crippen molar-refractivity contribution in [1.29, 1.82) is 0 Å². The minimum Gasteiger partial charge on any atom is -0.396 e. The number of nitrogens with zero attached hydrogens (tertiary/aromatic N) is 1. The third-order valence-corrected chi connectivity index (χ3v) is 2.26. The first kappa shape index (κ1) is 12.3. The predicted octanol–water partition coefficient (Wildman–Crippen LogP) is 0.651. The first-order chi connectivity index (χ1) is 7.06. The quantitative estimate of drug-likeness (QED) is 0.670. The van der Waals surface area contributed by atoms with Crippen molar-refractivity contribution in [1.82, 2.24) is 4.98 Å². The number of hydrogen-bond acceptors (Lipinski definition) is 4. The molecule has 1 aromatic rings. The number of rotatable bonds is 4. The molecule has 0 bridgehead atoms. The summed E-state index contributed by atoms with van der Waals surface area (Å²) in [5, 5.41) is 27.4. The number of aliphatic hydroxyl groups excluding tert-OH is 3. The van der Waals surface area contributed by atoms with Gasteiger partial charge in [-0.15, -0.1) is 0 Å². The van der Waals surface area contributed by atoms with Crippen molar-refractivity contribution in [3.63, 3.8) is 0 Å². The van der Waals surface area contributed by atoms with E-state index in [0.717, 1.165) is 12.3 Å². The van der Waals surface area contributed by atoms with Crippen molar-refractivity contribution >= 4 is 11.6 Å². The highest BCUT2D eigenvalue weighted by Crippen LogP contribution is 2.25. The van der Waals surface area contributed by atoms with Crippen LogP contribution in [0.3, 0.4) is 0 Å². The number of pyridine rings is 1. The molecule has 2 unspecified atom stereocenters. The van der Waals surface area contributed by atoms with Crippen LogP contribution >= 0.6 is 11.6 Å². The molecular formula is C9H11ClFNO3. The van der Waals surface area contributed by atoms with Gasteiger partial charge in [0.05, 0.1) is 12.3 Å². The molecule has 6 heteroatoms. The first-order valence-electron chi connectivity index (χ1n) is 4.34. The molecule has 84 valence electrons. The predicted molar refractivity (Wildman–Crippen MR) is 51.9 cm³/mol. The van der Waals surface area contributed by atoms with Crippen molar-refractivity contribution in [2.45, 2.75) is 18.6 Å². The van der Waals surface area contributed by atoms with Crippen LogP contribution in [0, 0.1) is 5.82 Å². The van der Waals surface area contributed by atoms with E-state index in [1.165, 1.54) is 0 Å². The van der Waals surface area contributed by atoms with Gasteiger partial charge in [-0.25, -0.2) is 9.37 Å². The maximum Gasteiger partial charge on any atom is 0.141 e. The van der Waals surface area contributed by atoms with Crippen LogP contribution < -0.4 is 0 Å². The van der Waals surface area contributed by atoms with Crippen LogP contribution in [0.2, 0.25) is 5.15 Å². The van der Waals surface area contributed by atoms with Crippen LogP contribution in [-0.4, -0.2) is 33.0 Å². The summed E-state index contributed by atoms with van der Waals surface area (Å²) in [7, 11) is 0. The Morgan fingerprint density at radius 3 is 2.73 bits per heavy atom. The standard InChI is InChI=1S/C9H11ClFNO3/c10-9-6(3-5(11)4-12-9)8(15)7(14)1-2-13/h3-4,7-8,13-15H,1-2H2. The number of halogens is 2. The van der Waals surface area contributed by atoms with Gasteiger partial charge >= 0.3 is 0 Å². The molecule has 0 aliphatic carbocycles. The Hall–Kier alpha value is -0.750. The smallest absolute Gasteiger partial charge is 0.141 e. The summed E-state index contributed by atoms with van der Waals surface area (Å²) in [5.41, 5.74) is 0.0117. The Bertz CT molecular complexity index is 337. The average Bonchev–Trinajstić information content (AvgIpc) is 2.21. The third kappa shape index (κ3) is 3.10. The van der Waals surface area contributed by atoms with E-state index in [9.17, 15) is 14.6 Å². The lowest BCUT2D eigenvalue weighted by Gasteiger charge is -2.17. The van der Waals surface area contributed by atoms with Crippen LogP contribution in [-0.2, 0) is 0 Å². The Labute approximate surface area is 91.0 Å². The Morgan fingerprint density at radius 1 is 1.47 bits per heavy atom. The van der Waals surface area contributed by atoms with Gasteiger partial charge in [0.25, 0.3) is 0 Å². The van der Waals surface area contributed by atoms with E-state index >= 15 is 0 Å². The Kier molecular flexibility index (Phi) is 4.41. The second kappa shape index (κ2) is 5.37. The first-order valence-corrected chi connectivity index (χ1v) is 4.72. The SMILES string of the molecule is OCCC(O)C(O)c1cc(F)cnc1Cl. The van der Waals surface area contributed by atoms with Crippen molar-refractivity contribution in [2.24, 2.45) is 0 Å². The molecule has 15 heavy (non-hydrogen) atoms. The van der Waals surface area contributed by atoms with E-state index in [4.69, 9.17) is 16.7 Å². The highest BCUT2D eigenvalue weighted by Gasteiger charge is 2.21. The molecule has 0 spiro atoms. The van der Waals surface area contributed by atoms with E-state index in [1.807, 2.05) is 0 Å². The van der Waals surface area contributed by atoms with E-state index in [0.29, 0.717) is 0 Å². The van der Waals surface area contributed by atoms with Crippen LogP contribution in [0.1, 0.15) is 18.1 Å². The molecule has 3 N–H and O–H groups in total.